The van der Waals surface area contributed by atoms with Crippen molar-refractivity contribution in [1.29, 1.82) is 0 Å². The number of nitrogens with zero attached hydrogens (tertiary/aromatic N) is 2. The Morgan fingerprint density at radius 1 is 1.38 bits per heavy atom. The first-order valence-corrected chi connectivity index (χ1v) is 9.31. The highest BCUT2D eigenvalue weighted by Crippen LogP contribution is 2.26. The second-order valence-corrected chi connectivity index (χ2v) is 6.81. The van der Waals surface area contributed by atoms with Gasteiger partial charge in [-0.05, 0) is 57.1 Å². The molecule has 1 unspecified atom stereocenters. The summed E-state index contributed by atoms with van der Waals surface area (Å²) in [6.07, 6.45) is 2.72. The Bertz CT molecular complexity index is 739. The molecule has 6 heteroatoms. The van der Waals surface area contributed by atoms with Gasteiger partial charge in [-0.3, -0.25) is 14.8 Å². The lowest BCUT2D eigenvalue weighted by molar-refractivity contribution is -0.120. The van der Waals surface area contributed by atoms with Gasteiger partial charge in [-0.2, -0.15) is 5.10 Å². The molecule has 140 valence electrons. The number of methoxy groups -OCH3 is 1. The molecule has 1 saturated heterocycles. The minimum atomic E-state index is 0.0483. The summed E-state index contributed by atoms with van der Waals surface area (Å²) >= 11 is 0. The first kappa shape index (κ1) is 18.5. The van der Waals surface area contributed by atoms with E-state index < -0.39 is 0 Å². The number of nitrogens with one attached hydrogen (secondary N) is 2. The molecule has 2 aromatic rings. The third-order valence-corrected chi connectivity index (χ3v) is 5.21. The van der Waals surface area contributed by atoms with Crippen LogP contribution in [-0.2, 0) is 11.2 Å². The molecule has 3 rings (SSSR count). The molecule has 0 saturated carbocycles. The average molecular weight is 356 g/mol. The third-order valence-electron chi connectivity index (χ3n) is 5.21. The van der Waals surface area contributed by atoms with Crippen molar-refractivity contribution in [3.8, 4) is 17.0 Å². The van der Waals surface area contributed by atoms with Crippen LogP contribution in [0.5, 0.6) is 5.75 Å². The first-order valence-electron chi connectivity index (χ1n) is 9.31. The molecule has 1 amide bonds. The van der Waals surface area contributed by atoms with Crippen LogP contribution in [0.25, 0.3) is 11.3 Å². The number of aryl methyl sites for hydroxylation is 1. The smallest absolute Gasteiger partial charge is 0.224 e. The summed E-state index contributed by atoms with van der Waals surface area (Å²) in [4.78, 5) is 14.9. The zero-order chi connectivity index (χ0) is 18.5. The quantitative estimate of drug-likeness (QED) is 0.800. The van der Waals surface area contributed by atoms with E-state index in [4.69, 9.17) is 4.74 Å². The molecule has 26 heavy (non-hydrogen) atoms. The Kier molecular flexibility index (Phi) is 5.93. The SMILES string of the molecule is CCN1CCCC1CNC(=O)Cc1c(-c2ccc(OC)cc2)n[nH]c1C. The number of aromatic amines is 1. The second-order valence-electron chi connectivity index (χ2n) is 6.81. The van der Waals surface area contributed by atoms with E-state index in [1.165, 1.54) is 6.42 Å². The van der Waals surface area contributed by atoms with Crippen LogP contribution in [0, 0.1) is 6.92 Å². The Morgan fingerprint density at radius 2 is 2.15 bits per heavy atom. The molecule has 1 atom stereocenters. The molecule has 0 spiro atoms. The number of benzene rings is 1. The summed E-state index contributed by atoms with van der Waals surface area (Å²) in [6.45, 7) is 7.04. The lowest BCUT2D eigenvalue weighted by atomic mass is 10.0. The number of amides is 1. The van der Waals surface area contributed by atoms with Crippen molar-refractivity contribution < 1.29 is 9.53 Å². The number of carbonyl (C=O) groups excluding carboxylic acids is 1. The van der Waals surface area contributed by atoms with Crippen molar-refractivity contribution in [3.63, 3.8) is 0 Å². The first-order chi connectivity index (χ1) is 12.6. The Balaban J connectivity index is 1.65. The summed E-state index contributed by atoms with van der Waals surface area (Å²) < 4.78 is 5.21. The minimum Gasteiger partial charge on any atom is -0.497 e. The highest BCUT2D eigenvalue weighted by Gasteiger charge is 2.23. The van der Waals surface area contributed by atoms with Crippen molar-refractivity contribution in [2.24, 2.45) is 0 Å². The fourth-order valence-electron chi connectivity index (χ4n) is 3.65. The maximum atomic E-state index is 12.5. The second kappa shape index (κ2) is 8.36. The Labute approximate surface area is 154 Å². The van der Waals surface area contributed by atoms with E-state index in [1.807, 2.05) is 31.2 Å². The standard InChI is InChI=1S/C20H28N4O2/c1-4-24-11-5-6-16(24)13-21-19(25)12-18-14(2)22-23-20(18)15-7-9-17(26-3)10-8-15/h7-10,16H,4-6,11-13H2,1-3H3,(H,21,25)(H,22,23). The van der Waals surface area contributed by atoms with Crippen LogP contribution in [0.3, 0.4) is 0 Å². The summed E-state index contributed by atoms with van der Waals surface area (Å²) in [7, 11) is 1.65. The molecule has 1 aliphatic heterocycles. The van der Waals surface area contributed by atoms with Gasteiger partial charge in [0.05, 0.1) is 19.2 Å². The molecule has 1 aliphatic rings. The summed E-state index contributed by atoms with van der Waals surface area (Å²) in [5.74, 6) is 0.851. The van der Waals surface area contributed by atoms with Crippen LogP contribution in [0.4, 0.5) is 0 Å². The number of hydrogen-bond donors (Lipinski definition) is 2. The van der Waals surface area contributed by atoms with E-state index in [0.29, 0.717) is 12.5 Å². The highest BCUT2D eigenvalue weighted by molar-refractivity contribution is 5.81. The molecule has 0 bridgehead atoms. The van der Waals surface area contributed by atoms with E-state index in [9.17, 15) is 4.79 Å². The van der Waals surface area contributed by atoms with Gasteiger partial charge in [-0.15, -0.1) is 0 Å². The van der Waals surface area contributed by atoms with Gasteiger partial charge in [0.2, 0.25) is 5.91 Å². The highest BCUT2D eigenvalue weighted by atomic mass is 16.5. The van der Waals surface area contributed by atoms with Crippen molar-refractivity contribution in [2.45, 2.75) is 39.2 Å². The zero-order valence-electron chi connectivity index (χ0n) is 15.8. The van der Waals surface area contributed by atoms with E-state index in [2.05, 4.69) is 27.3 Å². The van der Waals surface area contributed by atoms with Gasteiger partial charge in [0.25, 0.3) is 0 Å². The van der Waals surface area contributed by atoms with Crippen molar-refractivity contribution in [1.82, 2.24) is 20.4 Å². The van der Waals surface area contributed by atoms with Crippen LogP contribution in [-0.4, -0.2) is 53.8 Å². The molecule has 1 aromatic heterocycles. The predicted octanol–water partition coefficient (Wildman–Crippen LogP) is 2.54. The number of H-pyrrole nitrogens is 1. The van der Waals surface area contributed by atoms with Crippen molar-refractivity contribution in [2.75, 3.05) is 26.7 Å². The maximum Gasteiger partial charge on any atom is 0.224 e. The van der Waals surface area contributed by atoms with Crippen LogP contribution in [0.2, 0.25) is 0 Å². The molecule has 0 radical (unpaired) electrons. The predicted molar refractivity (Wildman–Crippen MR) is 102 cm³/mol. The number of likely N-dealkylation sites (tertiary alicyclic amines) is 1. The van der Waals surface area contributed by atoms with Crippen LogP contribution >= 0.6 is 0 Å². The van der Waals surface area contributed by atoms with Gasteiger partial charge in [0.15, 0.2) is 0 Å². The van der Waals surface area contributed by atoms with Crippen LogP contribution in [0.15, 0.2) is 24.3 Å². The van der Waals surface area contributed by atoms with Gasteiger partial charge in [-0.25, -0.2) is 0 Å². The number of ether oxygens (including phenoxy) is 1. The normalized spacial score (nSPS) is 17.4. The van der Waals surface area contributed by atoms with Crippen LogP contribution < -0.4 is 10.1 Å². The van der Waals surface area contributed by atoms with Crippen LogP contribution in [0.1, 0.15) is 31.0 Å². The van der Waals surface area contributed by atoms with Crippen molar-refractivity contribution in [3.05, 3.63) is 35.5 Å². The minimum absolute atomic E-state index is 0.0483. The number of carbonyl (C=O) groups is 1. The monoisotopic (exact) mass is 356 g/mol. The topological polar surface area (TPSA) is 70.2 Å². The van der Waals surface area contributed by atoms with Gasteiger partial charge in [0.1, 0.15) is 5.75 Å². The molecular weight excluding hydrogens is 328 g/mol. The van der Waals surface area contributed by atoms with E-state index >= 15 is 0 Å². The molecule has 2 heterocycles. The number of likely N-dealkylation sites (N-methyl/N-ethyl adjacent to an activating group) is 1. The van der Waals surface area contributed by atoms with Gasteiger partial charge >= 0.3 is 0 Å². The molecular formula is C20H28N4O2. The number of aromatic nitrogens is 2. The fourth-order valence-corrected chi connectivity index (χ4v) is 3.65. The Morgan fingerprint density at radius 3 is 2.85 bits per heavy atom. The largest absolute Gasteiger partial charge is 0.497 e. The molecule has 2 N–H and O–H groups in total. The van der Waals surface area contributed by atoms with Crippen molar-refractivity contribution >= 4 is 5.91 Å². The molecule has 0 aliphatic carbocycles. The van der Waals surface area contributed by atoms with E-state index in [1.54, 1.807) is 7.11 Å². The summed E-state index contributed by atoms with van der Waals surface area (Å²) in [5.41, 5.74) is 3.69. The maximum absolute atomic E-state index is 12.5. The Hall–Kier alpha value is -2.34. The summed E-state index contributed by atoms with van der Waals surface area (Å²) in [6, 6.07) is 8.21. The lowest BCUT2D eigenvalue weighted by Crippen LogP contribution is -2.40. The number of rotatable bonds is 7. The molecule has 1 fully saturated rings. The van der Waals surface area contributed by atoms with E-state index in [0.717, 1.165) is 54.3 Å². The fraction of sp³-hybridized carbons (Fsp3) is 0.500. The van der Waals surface area contributed by atoms with Gasteiger partial charge in [-0.1, -0.05) is 6.92 Å². The zero-order valence-corrected chi connectivity index (χ0v) is 15.8. The molecule has 6 nitrogen and oxygen atoms in total. The third kappa shape index (κ3) is 4.07. The number of hydrogen-bond acceptors (Lipinski definition) is 4. The summed E-state index contributed by atoms with van der Waals surface area (Å²) in [5, 5.41) is 10.5. The van der Waals surface area contributed by atoms with E-state index in [-0.39, 0.29) is 5.91 Å². The van der Waals surface area contributed by atoms with Gasteiger partial charge < -0.3 is 10.1 Å². The average Bonchev–Trinajstić information content (AvgIpc) is 3.27. The molecule has 1 aromatic carbocycles. The lowest BCUT2D eigenvalue weighted by Gasteiger charge is -2.22. The van der Waals surface area contributed by atoms with Gasteiger partial charge in [0, 0.05) is 29.4 Å².